The van der Waals surface area contributed by atoms with E-state index in [1.54, 1.807) is 29.2 Å². The van der Waals surface area contributed by atoms with Crippen LogP contribution in [0, 0.1) is 5.82 Å². The van der Waals surface area contributed by atoms with Crippen molar-refractivity contribution in [2.24, 2.45) is 0 Å². The van der Waals surface area contributed by atoms with Gasteiger partial charge in [-0.3, -0.25) is 9.69 Å². The molecule has 1 aliphatic heterocycles. The molecule has 0 atom stereocenters. The second-order valence-electron chi connectivity index (χ2n) is 5.68. The number of nitrogens with zero attached hydrogens (tertiary/aromatic N) is 1. The maximum atomic E-state index is 13.9. The summed E-state index contributed by atoms with van der Waals surface area (Å²) in [6.45, 7) is 3.71. The number of carbonyl (C=O) groups is 1. The average molecular weight is 391 g/mol. The van der Waals surface area contributed by atoms with Gasteiger partial charge in [-0.15, -0.1) is 11.3 Å². The van der Waals surface area contributed by atoms with Crippen molar-refractivity contribution in [1.29, 1.82) is 0 Å². The van der Waals surface area contributed by atoms with Crippen molar-refractivity contribution < 1.29 is 13.9 Å². The van der Waals surface area contributed by atoms with Crippen LogP contribution in [-0.4, -0.2) is 35.7 Å². The van der Waals surface area contributed by atoms with Gasteiger partial charge in [-0.05, 0) is 49.8 Å². The fourth-order valence-corrected chi connectivity index (χ4v) is 3.88. The second-order valence-corrected chi connectivity index (χ2v) is 7.18. The number of carbonyl (C=O) groups excluding carboxylic acids is 1. The van der Waals surface area contributed by atoms with Crippen molar-refractivity contribution in [3.8, 4) is 10.4 Å². The molecule has 0 bridgehead atoms. The van der Waals surface area contributed by atoms with Crippen LogP contribution in [0.1, 0.15) is 18.2 Å². The Morgan fingerprint density at radius 2 is 2.12 bits per heavy atom. The van der Waals surface area contributed by atoms with E-state index in [-0.39, 0.29) is 11.7 Å². The standard InChI is InChI=1S/C19H19FN2O2S2/c1-2-24-11-5-10-22-18(23)16(21-19(22)25)12-13-8-9-17(26-13)14-6-3-4-7-15(14)20/h3-4,6-9,12H,2,5,10-11H2,1H3,(H,21,25)/b16-12+. The van der Waals surface area contributed by atoms with Crippen molar-refractivity contribution in [1.82, 2.24) is 10.2 Å². The molecule has 0 radical (unpaired) electrons. The first-order chi connectivity index (χ1) is 12.6. The molecule has 1 N–H and O–H groups in total. The zero-order valence-corrected chi connectivity index (χ0v) is 16.0. The maximum absolute atomic E-state index is 13.9. The van der Waals surface area contributed by atoms with E-state index in [1.165, 1.54) is 17.4 Å². The molecule has 136 valence electrons. The predicted octanol–water partition coefficient (Wildman–Crippen LogP) is 4.04. The normalized spacial score (nSPS) is 15.8. The van der Waals surface area contributed by atoms with E-state index in [4.69, 9.17) is 17.0 Å². The lowest BCUT2D eigenvalue weighted by atomic mass is 10.2. The smallest absolute Gasteiger partial charge is 0.276 e. The molecular formula is C19H19FN2O2S2. The van der Waals surface area contributed by atoms with Gasteiger partial charge in [0.15, 0.2) is 5.11 Å². The average Bonchev–Trinajstić information content (AvgIpc) is 3.19. The Kier molecular flexibility index (Phi) is 6.13. The molecule has 1 aromatic heterocycles. The Labute approximate surface area is 161 Å². The minimum Gasteiger partial charge on any atom is -0.382 e. The van der Waals surface area contributed by atoms with Gasteiger partial charge < -0.3 is 10.1 Å². The number of nitrogens with one attached hydrogen (secondary N) is 1. The third-order valence-electron chi connectivity index (χ3n) is 3.89. The SMILES string of the molecule is CCOCCCN1C(=O)/C(=C\c2ccc(-c3ccccc3F)s2)NC1=S. The number of amides is 1. The lowest BCUT2D eigenvalue weighted by Crippen LogP contribution is -2.32. The first-order valence-corrected chi connectivity index (χ1v) is 9.59. The molecule has 3 rings (SSSR count). The van der Waals surface area contributed by atoms with Crippen LogP contribution in [-0.2, 0) is 9.53 Å². The van der Waals surface area contributed by atoms with E-state index < -0.39 is 0 Å². The summed E-state index contributed by atoms with van der Waals surface area (Å²) in [5, 5.41) is 3.37. The van der Waals surface area contributed by atoms with Crippen molar-refractivity contribution in [3.63, 3.8) is 0 Å². The molecule has 7 heteroatoms. The number of rotatable bonds is 7. The number of thiophene rings is 1. The second kappa shape index (κ2) is 8.53. The number of benzene rings is 1. The van der Waals surface area contributed by atoms with Gasteiger partial charge in [-0.2, -0.15) is 0 Å². The number of halogens is 1. The highest BCUT2D eigenvalue weighted by molar-refractivity contribution is 7.80. The molecule has 1 aliphatic rings. The summed E-state index contributed by atoms with van der Waals surface area (Å²) in [7, 11) is 0. The van der Waals surface area contributed by atoms with Crippen molar-refractivity contribution in [2.75, 3.05) is 19.8 Å². The highest BCUT2D eigenvalue weighted by Crippen LogP contribution is 2.31. The Morgan fingerprint density at radius 1 is 1.31 bits per heavy atom. The van der Waals surface area contributed by atoms with Crippen molar-refractivity contribution in [3.05, 3.63) is 52.8 Å². The molecule has 2 heterocycles. The molecule has 1 fully saturated rings. The van der Waals surface area contributed by atoms with E-state index >= 15 is 0 Å². The zero-order chi connectivity index (χ0) is 18.5. The van der Waals surface area contributed by atoms with Gasteiger partial charge in [0.25, 0.3) is 5.91 Å². The van der Waals surface area contributed by atoms with Crippen LogP contribution in [0.15, 0.2) is 42.1 Å². The lowest BCUT2D eigenvalue weighted by Gasteiger charge is -2.13. The molecule has 0 saturated carbocycles. The summed E-state index contributed by atoms with van der Waals surface area (Å²) in [4.78, 5) is 15.7. The van der Waals surface area contributed by atoms with Gasteiger partial charge in [0.1, 0.15) is 11.5 Å². The topological polar surface area (TPSA) is 41.6 Å². The fourth-order valence-electron chi connectivity index (χ4n) is 2.62. The zero-order valence-electron chi connectivity index (χ0n) is 14.3. The van der Waals surface area contributed by atoms with Crippen LogP contribution in [0.25, 0.3) is 16.5 Å². The van der Waals surface area contributed by atoms with E-state index in [0.717, 1.165) is 16.2 Å². The van der Waals surface area contributed by atoms with E-state index in [1.807, 2.05) is 19.1 Å². The maximum Gasteiger partial charge on any atom is 0.276 e. The fraction of sp³-hybridized carbons (Fsp3) is 0.263. The summed E-state index contributed by atoms with van der Waals surface area (Å²) in [5.74, 6) is -0.405. The van der Waals surface area contributed by atoms with Crippen LogP contribution in [0.4, 0.5) is 4.39 Å². The first-order valence-electron chi connectivity index (χ1n) is 8.37. The van der Waals surface area contributed by atoms with Gasteiger partial charge in [-0.1, -0.05) is 18.2 Å². The Hall–Kier alpha value is -2.09. The van der Waals surface area contributed by atoms with Crippen LogP contribution >= 0.6 is 23.6 Å². The van der Waals surface area contributed by atoms with E-state index in [9.17, 15) is 9.18 Å². The molecule has 1 aromatic carbocycles. The third-order valence-corrected chi connectivity index (χ3v) is 5.28. The summed E-state index contributed by atoms with van der Waals surface area (Å²) < 4.78 is 19.2. The van der Waals surface area contributed by atoms with E-state index in [0.29, 0.717) is 36.1 Å². The molecular weight excluding hydrogens is 371 g/mol. The predicted molar refractivity (Wildman–Crippen MR) is 106 cm³/mol. The largest absolute Gasteiger partial charge is 0.382 e. The quantitative estimate of drug-likeness (QED) is 0.440. The molecule has 2 aromatic rings. The van der Waals surface area contributed by atoms with Gasteiger partial charge >= 0.3 is 0 Å². The van der Waals surface area contributed by atoms with Gasteiger partial charge in [0.2, 0.25) is 0 Å². The van der Waals surface area contributed by atoms with Gasteiger partial charge in [0.05, 0.1) is 0 Å². The summed E-state index contributed by atoms with van der Waals surface area (Å²) in [6.07, 6.45) is 2.48. The molecule has 0 unspecified atom stereocenters. The van der Waals surface area contributed by atoms with E-state index in [2.05, 4.69) is 5.32 Å². The lowest BCUT2D eigenvalue weighted by molar-refractivity contribution is -0.122. The first kappa shape index (κ1) is 18.7. The molecule has 0 spiro atoms. The number of hydrogen-bond donors (Lipinski definition) is 1. The number of thiocarbonyl (C=S) groups is 1. The monoisotopic (exact) mass is 390 g/mol. The summed E-state index contributed by atoms with van der Waals surface area (Å²) in [6, 6.07) is 10.4. The number of ether oxygens (including phenoxy) is 1. The summed E-state index contributed by atoms with van der Waals surface area (Å²) >= 11 is 6.68. The van der Waals surface area contributed by atoms with Crippen molar-refractivity contribution in [2.45, 2.75) is 13.3 Å². The minimum absolute atomic E-state index is 0.146. The van der Waals surface area contributed by atoms with Crippen LogP contribution in [0.5, 0.6) is 0 Å². The van der Waals surface area contributed by atoms with Crippen molar-refractivity contribution >= 4 is 40.7 Å². The number of hydrogen-bond acceptors (Lipinski definition) is 4. The van der Waals surface area contributed by atoms with Gasteiger partial charge in [0, 0.05) is 35.1 Å². The summed E-state index contributed by atoms with van der Waals surface area (Å²) in [5.41, 5.74) is 0.995. The highest BCUT2D eigenvalue weighted by Gasteiger charge is 2.30. The molecule has 0 aliphatic carbocycles. The Bertz CT molecular complexity index is 848. The third kappa shape index (κ3) is 4.17. The Balaban J connectivity index is 1.72. The van der Waals surface area contributed by atoms with Crippen LogP contribution in [0.3, 0.4) is 0 Å². The van der Waals surface area contributed by atoms with Gasteiger partial charge in [-0.25, -0.2) is 4.39 Å². The Morgan fingerprint density at radius 3 is 2.88 bits per heavy atom. The molecule has 1 amide bonds. The van der Waals surface area contributed by atoms with Crippen LogP contribution < -0.4 is 5.32 Å². The minimum atomic E-state index is -0.259. The molecule has 4 nitrogen and oxygen atoms in total. The molecule has 1 saturated heterocycles. The highest BCUT2D eigenvalue weighted by atomic mass is 32.1. The van der Waals surface area contributed by atoms with Crippen LogP contribution in [0.2, 0.25) is 0 Å². The molecule has 26 heavy (non-hydrogen) atoms.